The normalized spacial score (nSPS) is 14.0. The fourth-order valence-electron chi connectivity index (χ4n) is 2.25. The van der Waals surface area contributed by atoms with E-state index in [0.717, 1.165) is 36.4 Å². The van der Waals surface area contributed by atoms with Crippen molar-refractivity contribution in [2.75, 3.05) is 19.6 Å². The summed E-state index contributed by atoms with van der Waals surface area (Å²) in [5.41, 5.74) is 2.23. The molecule has 0 aliphatic carbocycles. The van der Waals surface area contributed by atoms with Gasteiger partial charge in [0.15, 0.2) is 5.65 Å². The molecule has 0 atom stereocenters. The lowest BCUT2D eigenvalue weighted by Crippen LogP contribution is -2.48. The molecule has 21 heavy (non-hydrogen) atoms. The maximum atomic E-state index is 12.3. The van der Waals surface area contributed by atoms with Crippen LogP contribution in [0.5, 0.6) is 0 Å². The minimum Gasteiger partial charge on any atom is -0.352 e. The third kappa shape index (κ3) is 3.45. The van der Waals surface area contributed by atoms with Gasteiger partial charge in [0.1, 0.15) is 0 Å². The van der Waals surface area contributed by atoms with Crippen LogP contribution in [0.4, 0.5) is 0 Å². The zero-order valence-electron chi connectivity index (χ0n) is 11.9. The van der Waals surface area contributed by atoms with Crippen LogP contribution in [0.25, 0.3) is 11.0 Å². The summed E-state index contributed by atoms with van der Waals surface area (Å²) in [4.78, 5) is 16.7. The molecule has 0 spiro atoms. The number of amides is 1. The first kappa shape index (κ1) is 17.7. The number of rotatable bonds is 3. The van der Waals surface area contributed by atoms with E-state index in [1.807, 2.05) is 20.0 Å². The first-order valence-corrected chi connectivity index (χ1v) is 6.43. The smallest absolute Gasteiger partial charge is 0.252 e. The maximum absolute atomic E-state index is 12.3. The lowest BCUT2D eigenvalue weighted by Gasteiger charge is -2.27. The number of hydrogen-bond acceptors (Lipinski definition) is 4. The third-order valence-corrected chi connectivity index (χ3v) is 3.50. The highest BCUT2D eigenvalue weighted by atomic mass is 35.5. The van der Waals surface area contributed by atoms with Gasteiger partial charge in [0.05, 0.1) is 17.1 Å². The highest BCUT2D eigenvalue weighted by Gasteiger charge is 2.19. The molecule has 3 heterocycles. The molecule has 0 unspecified atom stereocenters. The Hall–Kier alpha value is -1.37. The second-order valence-electron chi connectivity index (χ2n) is 5.05. The Morgan fingerprint density at radius 1 is 1.48 bits per heavy atom. The molecule has 1 aliphatic heterocycles. The van der Waals surface area contributed by atoms with E-state index < -0.39 is 0 Å². The van der Waals surface area contributed by atoms with Gasteiger partial charge in [0.25, 0.3) is 5.91 Å². The van der Waals surface area contributed by atoms with E-state index in [0.29, 0.717) is 11.5 Å². The van der Waals surface area contributed by atoms with Crippen LogP contribution in [-0.2, 0) is 7.05 Å². The van der Waals surface area contributed by atoms with Crippen LogP contribution >= 0.6 is 24.8 Å². The van der Waals surface area contributed by atoms with E-state index >= 15 is 0 Å². The van der Waals surface area contributed by atoms with Crippen molar-refractivity contribution in [2.45, 2.75) is 6.92 Å². The van der Waals surface area contributed by atoms with Gasteiger partial charge in [-0.25, -0.2) is 4.98 Å². The Labute approximate surface area is 135 Å². The lowest BCUT2D eigenvalue weighted by molar-refractivity contribution is 0.0943. The van der Waals surface area contributed by atoms with E-state index in [1.165, 1.54) is 0 Å². The number of carbonyl (C=O) groups excluding carboxylic acids is 1. The number of halogens is 2. The Morgan fingerprint density at radius 2 is 2.19 bits per heavy atom. The number of nitrogens with one attached hydrogen (secondary N) is 2. The average molecular weight is 332 g/mol. The topological polar surface area (TPSA) is 71.8 Å². The van der Waals surface area contributed by atoms with Crippen molar-refractivity contribution in [3.8, 4) is 0 Å². The van der Waals surface area contributed by atoms with Crippen LogP contribution in [-0.4, -0.2) is 40.3 Å². The summed E-state index contributed by atoms with van der Waals surface area (Å²) in [7, 11) is 1.83. The second kappa shape index (κ2) is 7.06. The minimum absolute atomic E-state index is 0. The van der Waals surface area contributed by atoms with Crippen molar-refractivity contribution in [3.63, 3.8) is 0 Å². The van der Waals surface area contributed by atoms with Gasteiger partial charge in [-0.2, -0.15) is 5.10 Å². The lowest BCUT2D eigenvalue weighted by atomic mass is 10.0. The second-order valence-corrected chi connectivity index (χ2v) is 5.05. The summed E-state index contributed by atoms with van der Waals surface area (Å²) in [5.74, 6) is 0.506. The van der Waals surface area contributed by atoms with Gasteiger partial charge >= 0.3 is 0 Å². The summed E-state index contributed by atoms with van der Waals surface area (Å²) >= 11 is 0. The molecular weight excluding hydrogens is 313 g/mol. The van der Waals surface area contributed by atoms with E-state index in [2.05, 4.69) is 20.7 Å². The van der Waals surface area contributed by atoms with Crippen molar-refractivity contribution in [1.29, 1.82) is 0 Å². The molecule has 116 valence electrons. The highest BCUT2D eigenvalue weighted by Crippen LogP contribution is 2.17. The Balaban J connectivity index is 0.00000110. The summed E-state index contributed by atoms with van der Waals surface area (Å²) in [6, 6.07) is 1.82. The summed E-state index contributed by atoms with van der Waals surface area (Å²) in [6.45, 7) is 4.57. The molecule has 2 aromatic heterocycles. The molecule has 0 aromatic carbocycles. The predicted octanol–water partition coefficient (Wildman–Crippen LogP) is 1.07. The van der Waals surface area contributed by atoms with Crippen LogP contribution in [0.3, 0.4) is 0 Å². The Morgan fingerprint density at radius 3 is 2.81 bits per heavy atom. The Kier molecular flexibility index (Phi) is 5.95. The number of carbonyl (C=O) groups is 1. The first-order chi connectivity index (χ1) is 9.15. The van der Waals surface area contributed by atoms with Crippen molar-refractivity contribution >= 4 is 41.8 Å². The molecule has 1 amide bonds. The number of aryl methyl sites for hydroxylation is 2. The number of pyridine rings is 1. The first-order valence-electron chi connectivity index (χ1n) is 6.43. The van der Waals surface area contributed by atoms with Gasteiger partial charge in [-0.05, 0) is 13.0 Å². The van der Waals surface area contributed by atoms with E-state index in [9.17, 15) is 4.79 Å². The van der Waals surface area contributed by atoms with Gasteiger partial charge in [0, 0.05) is 38.3 Å². The molecule has 1 saturated heterocycles. The quantitative estimate of drug-likeness (QED) is 0.882. The van der Waals surface area contributed by atoms with Gasteiger partial charge in [-0.3, -0.25) is 9.48 Å². The molecule has 3 rings (SSSR count). The van der Waals surface area contributed by atoms with Crippen LogP contribution in [0.1, 0.15) is 16.1 Å². The standard InChI is InChI=1S/C13H17N5O.2ClH/c1-8-3-10(11-7-16-18(2)12(11)17-8)13(19)15-6-9-4-14-5-9;;/h3,7,9,14H,4-6H2,1-2H3,(H,15,19);2*1H. The van der Waals surface area contributed by atoms with Crippen LogP contribution in [0.15, 0.2) is 12.3 Å². The predicted molar refractivity (Wildman–Crippen MR) is 86.4 cm³/mol. The average Bonchev–Trinajstić information content (AvgIpc) is 2.68. The minimum atomic E-state index is -0.0459. The van der Waals surface area contributed by atoms with Gasteiger partial charge < -0.3 is 10.6 Å². The van der Waals surface area contributed by atoms with Crippen molar-refractivity contribution < 1.29 is 4.79 Å². The van der Waals surface area contributed by atoms with Crippen molar-refractivity contribution in [2.24, 2.45) is 13.0 Å². The fourth-order valence-corrected chi connectivity index (χ4v) is 2.25. The SMILES string of the molecule is Cc1cc(C(=O)NCC2CNC2)c2cnn(C)c2n1.Cl.Cl. The monoisotopic (exact) mass is 331 g/mol. The molecule has 0 bridgehead atoms. The zero-order chi connectivity index (χ0) is 13.4. The maximum Gasteiger partial charge on any atom is 0.252 e. The number of nitrogens with zero attached hydrogens (tertiary/aromatic N) is 3. The Bertz CT molecular complexity index is 639. The molecule has 2 aromatic rings. The number of fused-ring (bicyclic) bond motifs is 1. The molecule has 0 saturated carbocycles. The molecule has 8 heteroatoms. The summed E-state index contributed by atoms with van der Waals surface area (Å²) in [5, 5.41) is 11.1. The fraction of sp³-hybridized carbons (Fsp3) is 0.462. The third-order valence-electron chi connectivity index (χ3n) is 3.50. The summed E-state index contributed by atoms with van der Waals surface area (Å²) < 4.78 is 1.69. The van der Waals surface area contributed by atoms with Gasteiger partial charge in [0.2, 0.25) is 0 Å². The van der Waals surface area contributed by atoms with Crippen molar-refractivity contribution in [1.82, 2.24) is 25.4 Å². The van der Waals surface area contributed by atoms with Gasteiger partial charge in [-0.1, -0.05) is 0 Å². The molecule has 0 radical (unpaired) electrons. The highest BCUT2D eigenvalue weighted by molar-refractivity contribution is 6.05. The van der Waals surface area contributed by atoms with Crippen LogP contribution in [0, 0.1) is 12.8 Å². The van der Waals surface area contributed by atoms with Crippen LogP contribution < -0.4 is 10.6 Å². The van der Waals surface area contributed by atoms with E-state index in [-0.39, 0.29) is 30.7 Å². The zero-order valence-corrected chi connectivity index (χ0v) is 13.6. The van der Waals surface area contributed by atoms with Gasteiger partial charge in [-0.15, -0.1) is 24.8 Å². The van der Waals surface area contributed by atoms with E-state index in [4.69, 9.17) is 0 Å². The number of hydrogen-bond donors (Lipinski definition) is 2. The molecule has 2 N–H and O–H groups in total. The molecule has 1 aliphatic rings. The summed E-state index contributed by atoms with van der Waals surface area (Å²) in [6.07, 6.45) is 1.70. The van der Waals surface area contributed by atoms with E-state index in [1.54, 1.807) is 10.9 Å². The molecular formula is C13H19Cl2N5O. The van der Waals surface area contributed by atoms with Crippen LogP contribution in [0.2, 0.25) is 0 Å². The molecule has 6 nitrogen and oxygen atoms in total. The largest absolute Gasteiger partial charge is 0.352 e. The number of aromatic nitrogens is 3. The molecule has 1 fully saturated rings. The van der Waals surface area contributed by atoms with Crippen molar-refractivity contribution in [3.05, 3.63) is 23.5 Å².